The first-order chi connectivity index (χ1) is 6.95. The lowest BCUT2D eigenvalue weighted by Gasteiger charge is -2.20. The number of esters is 2. The number of hydrogen-bond donors (Lipinski definition) is 0. The largest absolute Gasteiger partial charge is 0.392 e. The smallest absolute Gasteiger partial charge is 0.323 e. The Bertz CT molecular complexity index is 397. The van der Waals surface area contributed by atoms with Gasteiger partial charge in [-0.05, 0) is 0 Å². The molecule has 1 saturated heterocycles. The predicted octanol–water partition coefficient (Wildman–Crippen LogP) is 2.69. The summed E-state index contributed by atoms with van der Waals surface area (Å²) in [4.78, 5) is 22.6. The van der Waals surface area contributed by atoms with E-state index in [1.807, 2.05) is 0 Å². The lowest BCUT2D eigenvalue weighted by Crippen LogP contribution is -2.23. The zero-order chi connectivity index (χ0) is 11.3. The minimum atomic E-state index is -0.957. The van der Waals surface area contributed by atoms with Crippen molar-refractivity contribution in [2.75, 3.05) is 0 Å². The van der Waals surface area contributed by atoms with Gasteiger partial charge in [0.25, 0.3) is 0 Å². The lowest BCUT2D eigenvalue weighted by molar-refractivity contribution is -0.153. The van der Waals surface area contributed by atoms with Crippen molar-refractivity contribution in [2.45, 2.75) is 0 Å². The van der Waals surface area contributed by atoms with E-state index in [0.717, 1.165) is 0 Å². The van der Waals surface area contributed by atoms with Crippen molar-refractivity contribution in [2.24, 2.45) is 11.8 Å². The van der Waals surface area contributed by atoms with Crippen LogP contribution in [0.5, 0.6) is 0 Å². The summed E-state index contributed by atoms with van der Waals surface area (Å²) in [5.41, 5.74) is 0. The topological polar surface area (TPSA) is 43.4 Å². The molecule has 0 bridgehead atoms. The van der Waals surface area contributed by atoms with Gasteiger partial charge >= 0.3 is 11.9 Å². The monoisotopic (exact) mass is 286 g/mol. The van der Waals surface area contributed by atoms with Gasteiger partial charge in [-0.1, -0.05) is 46.4 Å². The lowest BCUT2D eigenvalue weighted by atomic mass is 9.90. The molecule has 7 heteroatoms. The van der Waals surface area contributed by atoms with Crippen molar-refractivity contribution in [3.05, 3.63) is 20.1 Å². The molecule has 0 spiro atoms. The summed E-state index contributed by atoms with van der Waals surface area (Å²) in [5.74, 6) is -3.42. The van der Waals surface area contributed by atoms with Crippen LogP contribution in [0.1, 0.15) is 0 Å². The standard InChI is InChI=1S/C8H2Cl4O3/c9-3-1-2(8(14)15-7(1)13)4(10)6(12)5(3)11/h1-2H/t1-,2-/m0/s1. The average molecular weight is 288 g/mol. The molecule has 0 amide bonds. The fourth-order valence-electron chi connectivity index (χ4n) is 1.48. The maximum atomic E-state index is 11.3. The van der Waals surface area contributed by atoms with Crippen LogP contribution in [0.4, 0.5) is 0 Å². The van der Waals surface area contributed by atoms with E-state index in [4.69, 9.17) is 46.4 Å². The molecule has 0 aromatic heterocycles. The first-order valence-electron chi connectivity index (χ1n) is 3.81. The van der Waals surface area contributed by atoms with Gasteiger partial charge in [0.05, 0.1) is 20.1 Å². The summed E-state index contributed by atoms with van der Waals surface area (Å²) in [6, 6.07) is 0. The molecule has 0 radical (unpaired) electrons. The molecule has 0 aromatic rings. The minimum absolute atomic E-state index is 0.00748. The zero-order valence-electron chi connectivity index (χ0n) is 6.89. The molecule has 2 aliphatic rings. The van der Waals surface area contributed by atoms with Crippen LogP contribution in [0.25, 0.3) is 0 Å². The molecule has 0 N–H and O–H groups in total. The SMILES string of the molecule is O=C1OC(=O)[C@@H]2C(Cl)=C(Cl)C(Cl)=C(Cl)[C@@H]12. The Balaban J connectivity index is 2.61. The highest BCUT2D eigenvalue weighted by atomic mass is 35.5. The normalized spacial score (nSPS) is 30.9. The highest BCUT2D eigenvalue weighted by Crippen LogP contribution is 2.48. The molecule has 3 nitrogen and oxygen atoms in total. The molecular weight excluding hydrogens is 286 g/mol. The third kappa shape index (κ3) is 1.49. The number of allylic oxidation sites excluding steroid dienone is 2. The molecule has 2 rings (SSSR count). The number of hydrogen-bond acceptors (Lipinski definition) is 3. The Labute approximate surface area is 105 Å². The van der Waals surface area contributed by atoms with E-state index < -0.39 is 23.8 Å². The van der Waals surface area contributed by atoms with Gasteiger partial charge in [0, 0.05) is 0 Å². The maximum Gasteiger partial charge on any atom is 0.323 e. The molecule has 1 heterocycles. The van der Waals surface area contributed by atoms with Crippen molar-refractivity contribution in [1.29, 1.82) is 0 Å². The Morgan fingerprint density at radius 1 is 0.800 bits per heavy atom. The molecule has 2 atom stereocenters. The summed E-state index contributed by atoms with van der Waals surface area (Å²) in [7, 11) is 0. The first-order valence-corrected chi connectivity index (χ1v) is 5.32. The third-order valence-corrected chi connectivity index (χ3v) is 4.12. The van der Waals surface area contributed by atoms with Crippen molar-refractivity contribution < 1.29 is 14.3 Å². The molecule has 15 heavy (non-hydrogen) atoms. The van der Waals surface area contributed by atoms with Crippen molar-refractivity contribution >= 4 is 58.3 Å². The van der Waals surface area contributed by atoms with E-state index in [1.165, 1.54) is 0 Å². The van der Waals surface area contributed by atoms with Gasteiger partial charge in [-0.25, -0.2) is 0 Å². The Morgan fingerprint density at radius 2 is 1.13 bits per heavy atom. The van der Waals surface area contributed by atoms with Gasteiger partial charge in [-0.3, -0.25) is 9.59 Å². The second-order valence-electron chi connectivity index (χ2n) is 3.02. The van der Waals surface area contributed by atoms with Crippen molar-refractivity contribution in [1.82, 2.24) is 0 Å². The van der Waals surface area contributed by atoms with Crippen LogP contribution in [-0.4, -0.2) is 11.9 Å². The summed E-state index contributed by atoms with van der Waals surface area (Å²) in [5, 5.41) is -0.0497. The van der Waals surface area contributed by atoms with Crippen molar-refractivity contribution in [3.8, 4) is 0 Å². The number of cyclic esters (lactones) is 2. The second-order valence-corrected chi connectivity index (χ2v) is 4.59. The number of ether oxygens (including phenoxy) is 1. The van der Waals surface area contributed by atoms with Crippen LogP contribution >= 0.6 is 46.4 Å². The summed E-state index contributed by atoms with van der Waals surface area (Å²) in [6.07, 6.45) is 0. The van der Waals surface area contributed by atoms with Crippen LogP contribution < -0.4 is 0 Å². The van der Waals surface area contributed by atoms with Gasteiger partial charge in [-0.15, -0.1) is 0 Å². The van der Waals surface area contributed by atoms with Gasteiger partial charge < -0.3 is 4.74 Å². The van der Waals surface area contributed by atoms with Gasteiger partial charge in [0.2, 0.25) is 0 Å². The number of carbonyl (C=O) groups is 2. The van der Waals surface area contributed by atoms with Crippen LogP contribution in [0.15, 0.2) is 20.1 Å². The van der Waals surface area contributed by atoms with Crippen molar-refractivity contribution in [3.63, 3.8) is 0 Å². The van der Waals surface area contributed by atoms with Gasteiger partial charge in [0.15, 0.2) is 0 Å². The highest BCUT2D eigenvalue weighted by Gasteiger charge is 2.51. The molecule has 0 saturated carbocycles. The Morgan fingerprint density at radius 3 is 1.47 bits per heavy atom. The molecule has 80 valence electrons. The van der Waals surface area contributed by atoms with Crippen LogP contribution in [0.3, 0.4) is 0 Å². The van der Waals surface area contributed by atoms with Crippen LogP contribution in [0, 0.1) is 11.8 Å². The Kier molecular flexibility index (Phi) is 2.75. The minimum Gasteiger partial charge on any atom is -0.392 e. The molecular formula is C8H2Cl4O3. The molecule has 1 aliphatic carbocycles. The predicted molar refractivity (Wildman–Crippen MR) is 55.5 cm³/mol. The average Bonchev–Trinajstić information content (AvgIpc) is 2.47. The fraction of sp³-hybridized carbons (Fsp3) is 0.250. The number of carbonyl (C=O) groups excluding carboxylic acids is 2. The fourth-order valence-corrected chi connectivity index (χ4v) is 2.64. The summed E-state index contributed by atoms with van der Waals surface area (Å²) in [6.45, 7) is 0. The zero-order valence-corrected chi connectivity index (χ0v) is 9.92. The third-order valence-electron chi connectivity index (χ3n) is 2.20. The van der Waals surface area contributed by atoms with E-state index in [9.17, 15) is 9.59 Å². The number of halogens is 4. The number of fused-ring (bicyclic) bond motifs is 1. The van der Waals surface area contributed by atoms with E-state index in [2.05, 4.69) is 4.74 Å². The Hall–Kier alpha value is -0.220. The van der Waals surface area contributed by atoms with Gasteiger partial charge in [-0.2, -0.15) is 0 Å². The molecule has 0 unspecified atom stereocenters. The van der Waals surface area contributed by atoms with Crippen LogP contribution in [-0.2, 0) is 14.3 Å². The summed E-state index contributed by atoms with van der Waals surface area (Å²) >= 11 is 23.1. The highest BCUT2D eigenvalue weighted by molar-refractivity contribution is 6.52. The first kappa shape index (κ1) is 11.3. The van der Waals surface area contributed by atoms with E-state index in [0.29, 0.717) is 0 Å². The summed E-state index contributed by atoms with van der Waals surface area (Å²) < 4.78 is 4.41. The quantitative estimate of drug-likeness (QED) is 0.508. The maximum absolute atomic E-state index is 11.3. The number of rotatable bonds is 0. The molecule has 0 aromatic carbocycles. The van der Waals surface area contributed by atoms with E-state index in [-0.39, 0.29) is 20.1 Å². The van der Waals surface area contributed by atoms with Gasteiger partial charge in [0.1, 0.15) is 11.8 Å². The van der Waals surface area contributed by atoms with E-state index in [1.54, 1.807) is 0 Å². The molecule has 1 aliphatic heterocycles. The van der Waals surface area contributed by atoms with E-state index >= 15 is 0 Å². The second kappa shape index (κ2) is 3.67. The molecule has 1 fully saturated rings. The van der Waals surface area contributed by atoms with Crippen LogP contribution in [0.2, 0.25) is 0 Å².